The Bertz CT molecular complexity index is 1270. The zero-order valence-electron chi connectivity index (χ0n) is 20.1. The number of hydrazone groups is 1. The fourth-order valence-electron chi connectivity index (χ4n) is 3.59. The van der Waals surface area contributed by atoms with E-state index in [4.69, 9.17) is 4.74 Å². The van der Waals surface area contributed by atoms with Crippen LogP contribution in [0.1, 0.15) is 18.2 Å². The lowest BCUT2D eigenvalue weighted by atomic mass is 10.0. The Morgan fingerprint density at radius 3 is 2.75 bits per heavy atom. The highest BCUT2D eigenvalue weighted by molar-refractivity contribution is 5.79. The second-order valence-electron chi connectivity index (χ2n) is 7.85. The van der Waals surface area contributed by atoms with Gasteiger partial charge in [0.15, 0.2) is 11.6 Å². The van der Waals surface area contributed by atoms with Gasteiger partial charge in [0.1, 0.15) is 0 Å². The van der Waals surface area contributed by atoms with Crippen LogP contribution >= 0.6 is 0 Å². The fourth-order valence-corrected chi connectivity index (χ4v) is 3.59. The molecule has 1 aliphatic heterocycles. The van der Waals surface area contributed by atoms with Crippen LogP contribution in [0.15, 0.2) is 84.8 Å². The van der Waals surface area contributed by atoms with Crippen molar-refractivity contribution in [3.63, 3.8) is 0 Å². The number of rotatable bonds is 9. The number of hydrogen-bond acceptors (Lipinski definition) is 8. The summed E-state index contributed by atoms with van der Waals surface area (Å²) in [5, 5.41) is 7.51. The molecule has 1 fully saturated rings. The summed E-state index contributed by atoms with van der Waals surface area (Å²) in [5.74, 6) is -0.0328. The summed E-state index contributed by atoms with van der Waals surface area (Å²) in [6, 6.07) is 11.9. The van der Waals surface area contributed by atoms with Gasteiger partial charge in [-0.15, -0.1) is 0 Å². The van der Waals surface area contributed by atoms with E-state index in [2.05, 4.69) is 55.6 Å². The number of nitrogens with zero attached hydrogens (tertiary/aromatic N) is 5. The number of anilines is 4. The summed E-state index contributed by atoms with van der Waals surface area (Å²) in [7, 11) is 0. The average molecular weight is 486 g/mol. The summed E-state index contributed by atoms with van der Waals surface area (Å²) >= 11 is 0. The lowest BCUT2D eigenvalue weighted by molar-refractivity contribution is 0.122. The summed E-state index contributed by atoms with van der Waals surface area (Å²) in [6.45, 7) is 7.97. The van der Waals surface area contributed by atoms with Gasteiger partial charge >= 0.3 is 0 Å². The predicted octanol–water partition coefficient (Wildman–Crippen LogP) is 5.18. The molecule has 1 aromatic carbocycles. The van der Waals surface area contributed by atoms with Crippen molar-refractivity contribution in [2.75, 3.05) is 41.9 Å². The van der Waals surface area contributed by atoms with Crippen LogP contribution in [0.25, 0.3) is 5.57 Å². The van der Waals surface area contributed by atoms with E-state index >= 15 is 0 Å². The number of nitrogens with one attached hydrogen (secondary N) is 2. The number of morpholine rings is 1. The molecule has 0 radical (unpaired) electrons. The summed E-state index contributed by atoms with van der Waals surface area (Å²) in [5.41, 5.74) is 7.39. The minimum atomic E-state index is -0.475. The van der Waals surface area contributed by atoms with Crippen molar-refractivity contribution in [2.24, 2.45) is 5.10 Å². The molecule has 0 unspecified atom stereocenters. The molecular weight excluding hydrogens is 457 g/mol. The van der Waals surface area contributed by atoms with Gasteiger partial charge in [0.2, 0.25) is 5.95 Å². The Labute approximate surface area is 210 Å². The van der Waals surface area contributed by atoms with Gasteiger partial charge < -0.3 is 15.0 Å². The first-order valence-corrected chi connectivity index (χ1v) is 11.6. The third kappa shape index (κ3) is 6.61. The van der Waals surface area contributed by atoms with Gasteiger partial charge in [0.25, 0.3) is 0 Å². The number of hydrogen-bond donors (Lipinski definition) is 2. The smallest absolute Gasteiger partial charge is 0.245 e. The molecule has 0 amide bonds. The molecule has 36 heavy (non-hydrogen) atoms. The van der Waals surface area contributed by atoms with E-state index in [1.165, 1.54) is 0 Å². The maximum atomic E-state index is 14.2. The molecule has 3 heterocycles. The van der Waals surface area contributed by atoms with E-state index in [9.17, 15) is 4.39 Å². The van der Waals surface area contributed by atoms with E-state index in [0.29, 0.717) is 32.0 Å². The van der Waals surface area contributed by atoms with Crippen LogP contribution in [0.4, 0.5) is 27.5 Å². The second-order valence-corrected chi connectivity index (χ2v) is 7.85. The minimum Gasteiger partial charge on any atom is -0.378 e. The monoisotopic (exact) mass is 485 g/mol. The van der Waals surface area contributed by atoms with Crippen LogP contribution < -0.4 is 15.6 Å². The maximum Gasteiger partial charge on any atom is 0.245 e. The molecule has 0 spiro atoms. The van der Waals surface area contributed by atoms with Crippen molar-refractivity contribution in [3.05, 3.63) is 96.7 Å². The van der Waals surface area contributed by atoms with Crippen molar-refractivity contribution >= 4 is 34.9 Å². The molecule has 0 atom stereocenters. The lowest BCUT2D eigenvalue weighted by Crippen LogP contribution is -2.37. The molecule has 0 aliphatic carbocycles. The zero-order valence-corrected chi connectivity index (χ0v) is 20.1. The molecule has 1 saturated heterocycles. The first-order valence-electron chi connectivity index (χ1n) is 11.6. The quantitative estimate of drug-likeness (QED) is 0.245. The number of ether oxygens (including phenoxy) is 1. The van der Waals surface area contributed by atoms with Gasteiger partial charge in [-0.2, -0.15) is 10.1 Å². The molecular formula is C27H28FN7O. The lowest BCUT2D eigenvalue weighted by Gasteiger charge is -2.27. The molecule has 2 aromatic heterocycles. The maximum absolute atomic E-state index is 14.2. The minimum absolute atomic E-state index is 0.204. The van der Waals surface area contributed by atoms with E-state index < -0.39 is 5.82 Å². The van der Waals surface area contributed by atoms with Crippen molar-refractivity contribution in [1.82, 2.24) is 15.0 Å². The second kappa shape index (κ2) is 12.4. The number of aromatic nitrogens is 3. The summed E-state index contributed by atoms with van der Waals surface area (Å²) < 4.78 is 19.5. The molecule has 0 bridgehead atoms. The van der Waals surface area contributed by atoms with Gasteiger partial charge in [0, 0.05) is 18.8 Å². The summed E-state index contributed by atoms with van der Waals surface area (Å²) in [6.07, 6.45) is 12.2. The van der Waals surface area contributed by atoms with Crippen molar-refractivity contribution in [1.29, 1.82) is 0 Å². The number of benzene rings is 1. The van der Waals surface area contributed by atoms with Gasteiger partial charge in [0.05, 0.1) is 43.2 Å². The molecule has 3 aromatic rings. The van der Waals surface area contributed by atoms with E-state index in [1.807, 2.05) is 48.2 Å². The molecule has 9 heteroatoms. The van der Waals surface area contributed by atoms with Crippen molar-refractivity contribution in [2.45, 2.75) is 6.92 Å². The summed E-state index contributed by atoms with van der Waals surface area (Å²) in [4.78, 5) is 14.4. The first kappa shape index (κ1) is 24.7. The Morgan fingerprint density at radius 2 is 2.00 bits per heavy atom. The van der Waals surface area contributed by atoms with Crippen LogP contribution in [0.5, 0.6) is 0 Å². The Kier molecular flexibility index (Phi) is 8.50. The van der Waals surface area contributed by atoms with Gasteiger partial charge in [-0.05, 0) is 42.3 Å². The number of allylic oxidation sites excluding steroid dienone is 5. The van der Waals surface area contributed by atoms with Crippen LogP contribution in [-0.4, -0.2) is 47.5 Å². The van der Waals surface area contributed by atoms with Crippen LogP contribution in [0.3, 0.4) is 0 Å². The Balaban J connectivity index is 1.37. The van der Waals surface area contributed by atoms with Crippen LogP contribution in [0, 0.1) is 5.82 Å². The largest absolute Gasteiger partial charge is 0.378 e. The number of halogens is 1. The molecule has 4 rings (SSSR count). The SMILES string of the molecule is C=C/C=C\C(=C/C)c1cccc(Nc2ccc(/C=N/Nc3ncc(F)c(N4CCOCC4)n3)nc2)c1. The zero-order chi connectivity index (χ0) is 25.2. The predicted molar refractivity (Wildman–Crippen MR) is 143 cm³/mol. The highest BCUT2D eigenvalue weighted by Gasteiger charge is 2.17. The third-order valence-corrected chi connectivity index (χ3v) is 5.39. The average Bonchev–Trinajstić information content (AvgIpc) is 2.92. The van der Waals surface area contributed by atoms with Crippen molar-refractivity contribution < 1.29 is 9.13 Å². The molecule has 1 aliphatic rings. The first-order chi connectivity index (χ1) is 17.7. The van der Waals surface area contributed by atoms with E-state index in [1.54, 1.807) is 18.5 Å². The highest BCUT2D eigenvalue weighted by atomic mass is 19.1. The number of pyridine rings is 1. The van der Waals surface area contributed by atoms with E-state index in [-0.39, 0.29) is 11.8 Å². The Morgan fingerprint density at radius 1 is 1.14 bits per heavy atom. The van der Waals surface area contributed by atoms with Gasteiger partial charge in [-0.1, -0.05) is 43.0 Å². The van der Waals surface area contributed by atoms with E-state index in [0.717, 1.165) is 28.7 Å². The highest BCUT2D eigenvalue weighted by Crippen LogP contribution is 2.23. The van der Waals surface area contributed by atoms with Crippen molar-refractivity contribution in [3.8, 4) is 0 Å². The standard InChI is InChI=1S/C27H28FN7O/c1-3-5-7-20(4-2)21-8-6-9-22(16-21)32-24-11-10-23(29-17-24)18-31-34-27-30-19-25(28)26(33-27)35-12-14-36-15-13-35/h3-11,16-19,32H,1,12-15H2,2H3,(H,30,33,34)/b7-5-,20-4+,31-18+. The molecule has 184 valence electrons. The van der Waals surface area contributed by atoms with Crippen LogP contribution in [0.2, 0.25) is 0 Å². The molecule has 8 nitrogen and oxygen atoms in total. The van der Waals surface area contributed by atoms with Gasteiger partial charge in [-0.25, -0.2) is 14.8 Å². The molecule has 0 saturated carbocycles. The molecule has 2 N–H and O–H groups in total. The normalized spacial score (nSPS) is 14.4. The third-order valence-electron chi connectivity index (χ3n) is 5.39. The fraction of sp³-hybridized carbons (Fsp3) is 0.185. The van der Waals surface area contributed by atoms with Gasteiger partial charge in [-0.3, -0.25) is 4.98 Å². The van der Waals surface area contributed by atoms with Crippen LogP contribution in [-0.2, 0) is 4.74 Å². The Hall–Kier alpha value is -4.37. The topological polar surface area (TPSA) is 87.6 Å².